The van der Waals surface area contributed by atoms with Gasteiger partial charge in [0.2, 0.25) is 6.41 Å². The van der Waals surface area contributed by atoms with E-state index in [2.05, 4.69) is 31.0 Å². The van der Waals surface area contributed by atoms with Crippen LogP contribution in [0.3, 0.4) is 0 Å². The van der Waals surface area contributed by atoms with Crippen molar-refractivity contribution in [3.8, 4) is 0 Å². The molecule has 0 N–H and O–H groups in total. The molecule has 0 heterocycles. The number of hydrogen-bond acceptors (Lipinski definition) is 5. The lowest BCUT2D eigenvalue weighted by Gasteiger charge is -2.20. The molecule has 0 bridgehead atoms. The maximum absolute atomic E-state index is 12.0. The summed E-state index contributed by atoms with van der Waals surface area (Å²) in [6.45, 7) is 6.05. The molecular weight excluding hydrogens is 300 g/mol. The Morgan fingerprint density at radius 3 is 2.23 bits per heavy atom. The molecule has 0 spiro atoms. The number of amides is 2. The lowest BCUT2D eigenvalue weighted by Crippen LogP contribution is -2.29. The molecule has 0 radical (unpaired) electrons. The molecule has 0 aliphatic rings. The maximum atomic E-state index is 12.0. The van der Waals surface area contributed by atoms with E-state index >= 15 is 0 Å². The Morgan fingerprint density at radius 1 is 1.23 bits per heavy atom. The predicted molar refractivity (Wildman–Crippen MR) is 91.6 cm³/mol. The van der Waals surface area contributed by atoms with Crippen LogP contribution in [0.1, 0.15) is 19.4 Å². The number of imide groups is 1. The van der Waals surface area contributed by atoms with Crippen LogP contribution in [0.15, 0.2) is 30.0 Å². The van der Waals surface area contributed by atoms with Gasteiger partial charge in [-0.2, -0.15) is 0 Å². The summed E-state index contributed by atoms with van der Waals surface area (Å²) in [6, 6.07) is 7.74. The molecule has 5 nitrogen and oxygen atoms in total. The van der Waals surface area contributed by atoms with Gasteiger partial charge in [0.25, 0.3) is 5.91 Å². The van der Waals surface area contributed by atoms with Crippen molar-refractivity contribution in [1.82, 2.24) is 4.90 Å². The van der Waals surface area contributed by atoms with Crippen molar-refractivity contribution >= 4 is 41.8 Å². The van der Waals surface area contributed by atoms with Crippen LogP contribution < -0.4 is 4.90 Å². The number of benzene rings is 1. The van der Waals surface area contributed by atoms with Crippen molar-refractivity contribution in [2.45, 2.75) is 13.8 Å². The molecule has 0 aliphatic carbocycles. The molecule has 1 rings (SSSR count). The predicted octanol–water partition coefficient (Wildman–Crippen LogP) is 2.46. The fourth-order valence-electron chi connectivity index (χ4n) is 1.98. The quantitative estimate of drug-likeness (QED) is 0.319. The van der Waals surface area contributed by atoms with E-state index in [4.69, 9.17) is 4.74 Å². The fourth-order valence-corrected chi connectivity index (χ4v) is 2.12. The van der Waals surface area contributed by atoms with E-state index in [1.807, 2.05) is 24.3 Å². The summed E-state index contributed by atoms with van der Waals surface area (Å²) in [5.41, 5.74) is 2.89. The van der Waals surface area contributed by atoms with Crippen LogP contribution in [0.4, 0.5) is 5.69 Å². The zero-order valence-electron chi connectivity index (χ0n) is 13.0. The summed E-state index contributed by atoms with van der Waals surface area (Å²) in [4.78, 5) is 25.7. The van der Waals surface area contributed by atoms with Crippen molar-refractivity contribution in [1.29, 1.82) is 0 Å². The van der Waals surface area contributed by atoms with Crippen molar-refractivity contribution in [3.63, 3.8) is 0 Å². The Balaban J connectivity index is 3.01. The summed E-state index contributed by atoms with van der Waals surface area (Å²) in [6.07, 6.45) is 1.93. The maximum Gasteiger partial charge on any atom is 0.300 e. The zero-order chi connectivity index (χ0) is 16.5. The van der Waals surface area contributed by atoms with Crippen molar-refractivity contribution in [3.05, 3.63) is 35.6 Å². The van der Waals surface area contributed by atoms with Gasteiger partial charge >= 0.3 is 0 Å². The Morgan fingerprint density at radius 2 is 1.82 bits per heavy atom. The minimum Gasteiger partial charge on any atom is -0.491 e. The van der Waals surface area contributed by atoms with E-state index in [0.717, 1.165) is 34.7 Å². The summed E-state index contributed by atoms with van der Waals surface area (Å²) < 4.78 is 5.06. The Hall–Kier alpha value is -2.21. The van der Waals surface area contributed by atoms with Gasteiger partial charge in [-0.15, -0.1) is 0 Å². The summed E-state index contributed by atoms with van der Waals surface area (Å²) in [5, 5.41) is 0. The average Bonchev–Trinajstić information content (AvgIpc) is 2.56. The van der Waals surface area contributed by atoms with Crippen LogP contribution in [0.5, 0.6) is 0 Å². The van der Waals surface area contributed by atoms with Gasteiger partial charge in [0.05, 0.1) is 12.6 Å². The van der Waals surface area contributed by atoms with E-state index in [9.17, 15) is 9.59 Å². The molecule has 1 aromatic rings. The first-order chi connectivity index (χ1) is 10.6. The number of thiocarbonyl (C=S) groups is 1. The van der Waals surface area contributed by atoms with Crippen molar-refractivity contribution < 1.29 is 14.3 Å². The molecule has 0 unspecified atom stereocenters. The average molecular weight is 320 g/mol. The molecule has 1 aromatic carbocycles. The molecule has 0 aromatic heterocycles. The zero-order valence-corrected chi connectivity index (χ0v) is 13.8. The van der Waals surface area contributed by atoms with Crippen LogP contribution in [0.2, 0.25) is 0 Å². The highest BCUT2D eigenvalue weighted by Gasteiger charge is 2.16. The summed E-state index contributed by atoms with van der Waals surface area (Å²) in [5.74, 6) is -0.552. The second kappa shape index (κ2) is 8.94. The van der Waals surface area contributed by atoms with Gasteiger partial charge in [-0.3, -0.25) is 9.59 Å². The topological polar surface area (TPSA) is 49.9 Å². The number of anilines is 1. The van der Waals surface area contributed by atoms with Crippen LogP contribution in [-0.2, 0) is 14.3 Å². The van der Waals surface area contributed by atoms with Gasteiger partial charge < -0.3 is 9.64 Å². The fraction of sp³-hybridized carbons (Fsp3) is 0.312. The minimum atomic E-state index is -0.597. The first-order valence-corrected chi connectivity index (χ1v) is 7.42. The van der Waals surface area contributed by atoms with Gasteiger partial charge in [0, 0.05) is 18.8 Å². The number of methoxy groups -OCH3 is 1. The molecule has 6 heteroatoms. The highest BCUT2D eigenvalue weighted by molar-refractivity contribution is 7.78. The van der Waals surface area contributed by atoms with Crippen molar-refractivity contribution in [2.75, 3.05) is 25.1 Å². The Kier molecular flexibility index (Phi) is 7.25. The molecule has 0 atom stereocenters. The monoisotopic (exact) mass is 320 g/mol. The number of carbonyl (C=O) groups excluding carboxylic acids is 2. The number of rotatable bonds is 8. The highest BCUT2D eigenvalue weighted by Crippen LogP contribution is 2.17. The van der Waals surface area contributed by atoms with E-state index in [-0.39, 0.29) is 5.76 Å². The molecule has 0 aliphatic heterocycles. The molecule has 0 fully saturated rings. The second-order valence-electron chi connectivity index (χ2n) is 4.40. The van der Waals surface area contributed by atoms with Crippen LogP contribution in [0.25, 0.3) is 6.08 Å². The molecule has 0 saturated carbocycles. The van der Waals surface area contributed by atoms with E-state index in [1.165, 1.54) is 7.11 Å². The van der Waals surface area contributed by atoms with Gasteiger partial charge in [-0.1, -0.05) is 24.4 Å². The van der Waals surface area contributed by atoms with Gasteiger partial charge in [0.15, 0.2) is 5.76 Å². The third-order valence-electron chi connectivity index (χ3n) is 3.21. The number of hydrogen-bond donors (Lipinski definition) is 0. The molecule has 22 heavy (non-hydrogen) atoms. The standard InChI is InChI=1S/C16H20N2O3S/c1-4-17(5-2)14-8-6-13(7-9-14)10-15(21-3)16(20)18(11-19)12-22/h6-12H,4-5H2,1-3H3/b15-10+. The van der Waals surface area contributed by atoms with E-state index in [1.54, 1.807) is 6.08 Å². The SMILES string of the molecule is CCN(CC)c1ccc(/C=C(/OC)C(=O)N(C=O)C=S)cc1. The molecule has 118 valence electrons. The van der Waals surface area contributed by atoms with Crippen LogP contribution >= 0.6 is 12.2 Å². The highest BCUT2D eigenvalue weighted by atomic mass is 32.1. The second-order valence-corrected chi connectivity index (χ2v) is 4.61. The van der Waals surface area contributed by atoms with Gasteiger partial charge in [0.1, 0.15) is 0 Å². The number of nitrogens with zero attached hydrogens (tertiary/aromatic N) is 2. The van der Waals surface area contributed by atoms with Gasteiger partial charge in [-0.25, -0.2) is 4.90 Å². The molecule has 2 amide bonds. The van der Waals surface area contributed by atoms with E-state index < -0.39 is 5.91 Å². The summed E-state index contributed by atoms with van der Waals surface area (Å²) >= 11 is 4.61. The lowest BCUT2D eigenvalue weighted by molar-refractivity contribution is -0.132. The van der Waals surface area contributed by atoms with Gasteiger partial charge in [-0.05, 0) is 37.6 Å². The smallest absolute Gasteiger partial charge is 0.300 e. The largest absolute Gasteiger partial charge is 0.491 e. The Labute approximate surface area is 136 Å². The summed E-state index contributed by atoms with van der Waals surface area (Å²) in [7, 11) is 1.38. The third-order valence-corrected chi connectivity index (χ3v) is 3.44. The van der Waals surface area contributed by atoms with E-state index in [0.29, 0.717) is 6.41 Å². The first kappa shape index (κ1) is 17.8. The number of ether oxygens (including phenoxy) is 1. The third kappa shape index (κ3) is 4.39. The molecular formula is C16H20N2O3S. The van der Waals surface area contributed by atoms with Crippen LogP contribution in [-0.4, -0.2) is 42.9 Å². The Bertz CT molecular complexity index is 543. The minimum absolute atomic E-state index is 0.0452. The molecule has 0 saturated heterocycles. The first-order valence-electron chi connectivity index (χ1n) is 6.95. The van der Waals surface area contributed by atoms with Crippen molar-refractivity contribution in [2.24, 2.45) is 0 Å². The lowest BCUT2D eigenvalue weighted by atomic mass is 10.1. The number of carbonyl (C=O) groups is 2. The van der Waals surface area contributed by atoms with Crippen LogP contribution in [0, 0.1) is 0 Å². The normalized spacial score (nSPS) is 10.8.